The Bertz CT molecular complexity index is 381. The van der Waals surface area contributed by atoms with E-state index in [9.17, 15) is 4.79 Å². The van der Waals surface area contributed by atoms with Crippen molar-refractivity contribution in [2.75, 3.05) is 33.2 Å². The molecule has 4 nitrogen and oxygen atoms in total. The van der Waals surface area contributed by atoms with Crippen LogP contribution in [-0.4, -0.2) is 61.0 Å². The molecule has 0 aromatic rings. The molecule has 1 saturated carbocycles. The maximum atomic E-state index is 12.8. The number of nitrogens with one attached hydrogen (secondary N) is 1. The molecule has 1 spiro atoms. The van der Waals surface area contributed by atoms with Gasteiger partial charge in [-0.25, -0.2) is 0 Å². The maximum Gasteiger partial charge on any atom is 0.226 e. The lowest BCUT2D eigenvalue weighted by Crippen LogP contribution is -2.48. The molecule has 3 rings (SSSR count). The van der Waals surface area contributed by atoms with Gasteiger partial charge in [-0.15, -0.1) is 0 Å². The van der Waals surface area contributed by atoms with Crippen LogP contribution < -0.4 is 5.32 Å². The molecule has 1 atom stereocenters. The van der Waals surface area contributed by atoms with Crippen LogP contribution in [0.4, 0.5) is 0 Å². The van der Waals surface area contributed by atoms with Gasteiger partial charge in [0.15, 0.2) is 0 Å². The second-order valence-corrected chi connectivity index (χ2v) is 7.68. The summed E-state index contributed by atoms with van der Waals surface area (Å²) in [6.45, 7) is 9.00. The molecule has 1 N–H and O–H groups in total. The SMILES string of the molecule is CC(C)N1CCC(N(C)C(=O)C2CC23CCNCC3)CC1. The Kier molecular flexibility index (Phi) is 4.28. The highest BCUT2D eigenvalue weighted by atomic mass is 16.2. The van der Waals surface area contributed by atoms with Crippen LogP contribution >= 0.6 is 0 Å². The van der Waals surface area contributed by atoms with Crippen molar-refractivity contribution >= 4 is 5.91 Å². The summed E-state index contributed by atoms with van der Waals surface area (Å²) in [5, 5.41) is 3.42. The van der Waals surface area contributed by atoms with Crippen LogP contribution in [0.5, 0.6) is 0 Å². The van der Waals surface area contributed by atoms with E-state index in [-0.39, 0.29) is 0 Å². The summed E-state index contributed by atoms with van der Waals surface area (Å²) in [5.41, 5.74) is 0.370. The van der Waals surface area contributed by atoms with Gasteiger partial charge in [-0.3, -0.25) is 4.79 Å². The summed E-state index contributed by atoms with van der Waals surface area (Å²) in [4.78, 5) is 17.4. The standard InChI is InChI=1S/C17H31N3O/c1-13(2)20-10-4-14(5-11-20)19(3)16(21)15-12-17(15)6-8-18-9-7-17/h13-15,18H,4-12H2,1-3H3. The zero-order chi connectivity index (χ0) is 15.0. The van der Waals surface area contributed by atoms with Gasteiger partial charge in [0, 0.05) is 38.1 Å². The highest BCUT2D eigenvalue weighted by Crippen LogP contribution is 2.59. The monoisotopic (exact) mass is 293 g/mol. The van der Waals surface area contributed by atoms with E-state index in [1.165, 1.54) is 12.8 Å². The molecular weight excluding hydrogens is 262 g/mol. The fourth-order valence-electron chi connectivity index (χ4n) is 4.39. The average Bonchev–Trinajstić information content (AvgIpc) is 3.19. The average molecular weight is 293 g/mol. The summed E-state index contributed by atoms with van der Waals surface area (Å²) >= 11 is 0. The van der Waals surface area contributed by atoms with Gasteiger partial charge < -0.3 is 15.1 Å². The van der Waals surface area contributed by atoms with E-state index < -0.39 is 0 Å². The summed E-state index contributed by atoms with van der Waals surface area (Å²) in [7, 11) is 2.05. The molecule has 120 valence electrons. The van der Waals surface area contributed by atoms with Gasteiger partial charge >= 0.3 is 0 Å². The minimum Gasteiger partial charge on any atom is -0.342 e. The first-order chi connectivity index (χ1) is 10.0. The second kappa shape index (κ2) is 5.88. The number of piperidine rings is 2. The highest BCUT2D eigenvalue weighted by molar-refractivity contribution is 5.82. The zero-order valence-electron chi connectivity index (χ0n) is 13.9. The summed E-state index contributed by atoms with van der Waals surface area (Å²) in [6.07, 6.45) is 5.82. The third kappa shape index (κ3) is 2.98. The minimum absolute atomic E-state index is 0.327. The van der Waals surface area contributed by atoms with E-state index in [0.717, 1.165) is 45.4 Å². The van der Waals surface area contributed by atoms with Crippen LogP contribution in [0, 0.1) is 11.3 Å². The van der Waals surface area contributed by atoms with Crippen LogP contribution in [-0.2, 0) is 4.79 Å². The number of carbonyl (C=O) groups excluding carboxylic acids is 1. The van der Waals surface area contributed by atoms with Gasteiger partial charge in [-0.2, -0.15) is 0 Å². The maximum absolute atomic E-state index is 12.8. The molecule has 1 aliphatic carbocycles. The van der Waals surface area contributed by atoms with Crippen molar-refractivity contribution in [3.05, 3.63) is 0 Å². The number of carbonyl (C=O) groups is 1. The molecule has 0 aromatic carbocycles. The van der Waals surface area contributed by atoms with E-state index in [1.54, 1.807) is 0 Å². The Hall–Kier alpha value is -0.610. The molecule has 3 aliphatic rings. The lowest BCUT2D eigenvalue weighted by molar-refractivity contribution is -0.135. The predicted molar refractivity (Wildman–Crippen MR) is 85.1 cm³/mol. The quantitative estimate of drug-likeness (QED) is 0.860. The molecule has 2 aliphatic heterocycles. The number of nitrogens with zero attached hydrogens (tertiary/aromatic N) is 2. The number of likely N-dealkylation sites (tertiary alicyclic amines) is 1. The van der Waals surface area contributed by atoms with Crippen molar-refractivity contribution in [2.45, 2.75) is 58.0 Å². The van der Waals surface area contributed by atoms with E-state index in [1.807, 2.05) is 7.05 Å². The van der Waals surface area contributed by atoms with Crippen molar-refractivity contribution in [3.63, 3.8) is 0 Å². The third-order valence-electron chi connectivity index (χ3n) is 6.21. The van der Waals surface area contributed by atoms with Crippen LogP contribution in [0.25, 0.3) is 0 Å². The fraction of sp³-hybridized carbons (Fsp3) is 0.941. The highest BCUT2D eigenvalue weighted by Gasteiger charge is 2.58. The van der Waals surface area contributed by atoms with E-state index in [2.05, 4.69) is 29.0 Å². The molecule has 0 bridgehead atoms. The van der Waals surface area contributed by atoms with Gasteiger partial charge in [-0.05, 0) is 64.5 Å². The molecular formula is C17H31N3O. The lowest BCUT2D eigenvalue weighted by atomic mass is 9.91. The Morgan fingerprint density at radius 1 is 1.24 bits per heavy atom. The van der Waals surface area contributed by atoms with Crippen molar-refractivity contribution in [3.8, 4) is 0 Å². The molecule has 2 saturated heterocycles. The summed E-state index contributed by atoms with van der Waals surface area (Å²) in [5.74, 6) is 0.757. The normalized spacial score (nSPS) is 29.8. The van der Waals surface area contributed by atoms with Crippen molar-refractivity contribution in [1.82, 2.24) is 15.1 Å². The zero-order valence-corrected chi connectivity index (χ0v) is 13.9. The Balaban J connectivity index is 1.52. The smallest absolute Gasteiger partial charge is 0.226 e. The number of amides is 1. The first kappa shape index (κ1) is 15.3. The van der Waals surface area contributed by atoms with Crippen LogP contribution in [0.1, 0.15) is 46.0 Å². The lowest BCUT2D eigenvalue weighted by Gasteiger charge is -2.39. The van der Waals surface area contributed by atoms with Crippen molar-refractivity contribution in [1.29, 1.82) is 0 Å². The van der Waals surface area contributed by atoms with Gasteiger partial charge in [0.2, 0.25) is 5.91 Å². The minimum atomic E-state index is 0.327. The Labute approximate surface area is 129 Å². The van der Waals surface area contributed by atoms with Gasteiger partial charge in [-0.1, -0.05) is 0 Å². The van der Waals surface area contributed by atoms with Crippen LogP contribution in [0.15, 0.2) is 0 Å². The second-order valence-electron chi connectivity index (χ2n) is 7.68. The first-order valence-electron chi connectivity index (χ1n) is 8.75. The van der Waals surface area contributed by atoms with Crippen LogP contribution in [0.3, 0.4) is 0 Å². The molecule has 4 heteroatoms. The Morgan fingerprint density at radius 2 is 1.86 bits per heavy atom. The molecule has 0 radical (unpaired) electrons. The van der Waals surface area contributed by atoms with Gasteiger partial charge in [0.05, 0.1) is 0 Å². The number of rotatable bonds is 3. The molecule has 3 fully saturated rings. The molecule has 21 heavy (non-hydrogen) atoms. The van der Waals surface area contributed by atoms with E-state index in [4.69, 9.17) is 0 Å². The number of hydrogen-bond donors (Lipinski definition) is 1. The molecule has 1 unspecified atom stereocenters. The molecule has 2 heterocycles. The summed E-state index contributed by atoms with van der Waals surface area (Å²) in [6, 6.07) is 1.10. The van der Waals surface area contributed by atoms with Crippen LogP contribution in [0.2, 0.25) is 0 Å². The topological polar surface area (TPSA) is 35.6 Å². The van der Waals surface area contributed by atoms with Crippen molar-refractivity contribution < 1.29 is 4.79 Å². The first-order valence-corrected chi connectivity index (χ1v) is 8.75. The Morgan fingerprint density at radius 3 is 2.43 bits per heavy atom. The predicted octanol–water partition coefficient (Wildman–Crippen LogP) is 1.71. The molecule has 1 amide bonds. The van der Waals surface area contributed by atoms with E-state index >= 15 is 0 Å². The molecule has 0 aromatic heterocycles. The van der Waals surface area contributed by atoms with E-state index in [0.29, 0.717) is 29.3 Å². The van der Waals surface area contributed by atoms with Crippen molar-refractivity contribution in [2.24, 2.45) is 11.3 Å². The number of hydrogen-bond acceptors (Lipinski definition) is 3. The van der Waals surface area contributed by atoms with Gasteiger partial charge in [0.25, 0.3) is 0 Å². The van der Waals surface area contributed by atoms with Gasteiger partial charge in [0.1, 0.15) is 0 Å². The summed E-state index contributed by atoms with van der Waals surface area (Å²) < 4.78 is 0. The largest absolute Gasteiger partial charge is 0.342 e. The fourth-order valence-corrected chi connectivity index (χ4v) is 4.39. The third-order valence-corrected chi connectivity index (χ3v) is 6.21.